The van der Waals surface area contributed by atoms with E-state index in [0.29, 0.717) is 5.92 Å². The van der Waals surface area contributed by atoms with Crippen LogP contribution in [0.4, 0.5) is 0 Å². The molecule has 1 heterocycles. The average Bonchev–Trinajstić information content (AvgIpc) is 2.70. The van der Waals surface area contributed by atoms with Crippen molar-refractivity contribution in [3.63, 3.8) is 0 Å². The number of aryl methyl sites for hydroxylation is 1. The van der Waals surface area contributed by atoms with Gasteiger partial charge in [-0.2, -0.15) is 5.10 Å². The minimum absolute atomic E-state index is 0.123. The SMILES string of the molecule is COC(=O)C(NCC(C)C)c1cn(C)nc1C(C)(C)C. The van der Waals surface area contributed by atoms with E-state index < -0.39 is 6.04 Å². The lowest BCUT2D eigenvalue weighted by atomic mass is 9.87. The predicted octanol–water partition coefficient (Wildman–Crippen LogP) is 2.18. The van der Waals surface area contributed by atoms with Crippen molar-refractivity contribution in [3.05, 3.63) is 17.5 Å². The van der Waals surface area contributed by atoms with Crippen molar-refractivity contribution in [2.24, 2.45) is 13.0 Å². The first kappa shape index (κ1) is 16.7. The number of aromatic nitrogens is 2. The van der Waals surface area contributed by atoms with Crippen molar-refractivity contribution in [3.8, 4) is 0 Å². The van der Waals surface area contributed by atoms with Gasteiger partial charge in [-0.3, -0.25) is 4.68 Å². The van der Waals surface area contributed by atoms with E-state index in [1.807, 2.05) is 13.2 Å². The highest BCUT2D eigenvalue weighted by atomic mass is 16.5. The summed E-state index contributed by atoms with van der Waals surface area (Å²) < 4.78 is 6.69. The number of hydrogen-bond donors (Lipinski definition) is 1. The summed E-state index contributed by atoms with van der Waals surface area (Å²) in [7, 11) is 3.29. The Morgan fingerprint density at radius 2 is 2.05 bits per heavy atom. The van der Waals surface area contributed by atoms with Gasteiger partial charge in [-0.05, 0) is 12.5 Å². The van der Waals surface area contributed by atoms with Crippen molar-refractivity contribution in [1.29, 1.82) is 0 Å². The van der Waals surface area contributed by atoms with Crippen molar-refractivity contribution in [1.82, 2.24) is 15.1 Å². The number of nitrogens with zero attached hydrogens (tertiary/aromatic N) is 2. The second-order valence-electron chi connectivity index (χ2n) is 6.61. The van der Waals surface area contributed by atoms with Crippen molar-refractivity contribution in [2.45, 2.75) is 46.1 Å². The maximum Gasteiger partial charge on any atom is 0.327 e. The number of carbonyl (C=O) groups is 1. The molecule has 5 heteroatoms. The summed E-state index contributed by atoms with van der Waals surface area (Å²) in [5, 5.41) is 7.80. The number of nitrogens with one attached hydrogen (secondary N) is 1. The zero-order valence-electron chi connectivity index (χ0n) is 13.7. The first-order valence-corrected chi connectivity index (χ1v) is 7.02. The van der Waals surface area contributed by atoms with Gasteiger partial charge in [0.15, 0.2) is 0 Å². The predicted molar refractivity (Wildman–Crippen MR) is 79.5 cm³/mol. The van der Waals surface area contributed by atoms with E-state index >= 15 is 0 Å². The lowest BCUT2D eigenvalue weighted by Gasteiger charge is -2.22. The molecule has 0 saturated carbocycles. The minimum atomic E-state index is -0.467. The number of hydrogen-bond acceptors (Lipinski definition) is 4. The summed E-state index contributed by atoms with van der Waals surface area (Å²) in [6, 6.07) is -0.467. The largest absolute Gasteiger partial charge is 0.468 e. The Bertz CT molecular complexity index is 458. The van der Waals surface area contributed by atoms with Crippen LogP contribution in [0.25, 0.3) is 0 Å². The van der Waals surface area contributed by atoms with Crippen LogP contribution in [0.1, 0.15) is 51.9 Å². The Labute approximate surface area is 121 Å². The minimum Gasteiger partial charge on any atom is -0.468 e. The lowest BCUT2D eigenvalue weighted by Crippen LogP contribution is -2.33. The van der Waals surface area contributed by atoms with Crippen LogP contribution >= 0.6 is 0 Å². The van der Waals surface area contributed by atoms with Gasteiger partial charge in [-0.25, -0.2) is 4.79 Å². The quantitative estimate of drug-likeness (QED) is 0.841. The number of carbonyl (C=O) groups excluding carboxylic acids is 1. The van der Waals surface area contributed by atoms with Gasteiger partial charge in [0.05, 0.1) is 12.8 Å². The Hall–Kier alpha value is -1.36. The Morgan fingerprint density at radius 1 is 1.45 bits per heavy atom. The normalized spacial score (nSPS) is 13.6. The molecule has 0 spiro atoms. The third kappa shape index (κ3) is 4.07. The van der Waals surface area contributed by atoms with Gasteiger partial charge in [0.1, 0.15) is 6.04 Å². The fourth-order valence-electron chi connectivity index (χ4n) is 2.09. The second kappa shape index (κ2) is 6.39. The Morgan fingerprint density at radius 3 is 2.50 bits per heavy atom. The molecule has 1 N–H and O–H groups in total. The van der Waals surface area contributed by atoms with E-state index in [1.54, 1.807) is 4.68 Å². The molecule has 0 aliphatic heterocycles. The highest BCUT2D eigenvalue weighted by Gasteiger charge is 2.31. The molecule has 1 aromatic rings. The van der Waals surface area contributed by atoms with Crippen LogP contribution < -0.4 is 5.32 Å². The van der Waals surface area contributed by atoms with Gasteiger partial charge in [0.2, 0.25) is 0 Å². The third-order valence-electron chi connectivity index (χ3n) is 3.05. The number of rotatable bonds is 5. The molecule has 0 fully saturated rings. The molecule has 0 amide bonds. The maximum absolute atomic E-state index is 12.1. The number of ether oxygens (including phenoxy) is 1. The molecule has 0 radical (unpaired) electrons. The maximum atomic E-state index is 12.1. The Kier molecular flexibility index (Phi) is 5.34. The van der Waals surface area contributed by atoms with Crippen LogP contribution in [-0.4, -0.2) is 29.4 Å². The molecule has 0 aromatic carbocycles. The van der Waals surface area contributed by atoms with Gasteiger partial charge >= 0.3 is 5.97 Å². The summed E-state index contributed by atoms with van der Waals surface area (Å²) in [6.07, 6.45) is 1.90. The molecule has 1 aromatic heterocycles. The summed E-state index contributed by atoms with van der Waals surface area (Å²) in [4.78, 5) is 12.1. The van der Waals surface area contributed by atoms with Gasteiger partial charge in [0.25, 0.3) is 0 Å². The lowest BCUT2D eigenvalue weighted by molar-refractivity contribution is -0.143. The van der Waals surface area contributed by atoms with Gasteiger partial charge < -0.3 is 10.1 Å². The van der Waals surface area contributed by atoms with E-state index in [2.05, 4.69) is 45.0 Å². The molecule has 5 nitrogen and oxygen atoms in total. The molecule has 114 valence electrons. The van der Waals surface area contributed by atoms with E-state index in [9.17, 15) is 4.79 Å². The van der Waals surface area contributed by atoms with Gasteiger partial charge in [-0.1, -0.05) is 34.6 Å². The van der Waals surface area contributed by atoms with Crippen LogP contribution in [0, 0.1) is 5.92 Å². The molecule has 0 saturated heterocycles. The van der Waals surface area contributed by atoms with Crippen molar-refractivity contribution >= 4 is 5.97 Å². The highest BCUT2D eigenvalue weighted by molar-refractivity contribution is 5.78. The van der Waals surface area contributed by atoms with Crippen LogP contribution in [-0.2, 0) is 22.0 Å². The highest BCUT2D eigenvalue weighted by Crippen LogP contribution is 2.29. The smallest absolute Gasteiger partial charge is 0.327 e. The van der Waals surface area contributed by atoms with E-state index in [1.165, 1.54) is 7.11 Å². The monoisotopic (exact) mass is 281 g/mol. The van der Waals surface area contributed by atoms with Crippen LogP contribution in [0.5, 0.6) is 0 Å². The first-order valence-electron chi connectivity index (χ1n) is 7.02. The first-order chi connectivity index (χ1) is 9.16. The van der Waals surface area contributed by atoms with E-state index in [4.69, 9.17) is 4.74 Å². The zero-order valence-corrected chi connectivity index (χ0v) is 13.7. The summed E-state index contributed by atoms with van der Waals surface area (Å²) in [5.74, 6) is 0.182. The van der Waals surface area contributed by atoms with E-state index in [-0.39, 0.29) is 11.4 Å². The number of methoxy groups -OCH3 is 1. The van der Waals surface area contributed by atoms with Crippen LogP contribution in [0.2, 0.25) is 0 Å². The fourth-order valence-corrected chi connectivity index (χ4v) is 2.09. The number of esters is 1. The molecule has 0 aliphatic rings. The molecule has 0 bridgehead atoms. The molecule has 0 aliphatic carbocycles. The topological polar surface area (TPSA) is 56.1 Å². The summed E-state index contributed by atoms with van der Waals surface area (Å²) in [5.41, 5.74) is 1.70. The van der Waals surface area contributed by atoms with Crippen molar-refractivity contribution < 1.29 is 9.53 Å². The van der Waals surface area contributed by atoms with Crippen molar-refractivity contribution in [2.75, 3.05) is 13.7 Å². The summed E-state index contributed by atoms with van der Waals surface area (Å²) >= 11 is 0. The molecule has 1 rings (SSSR count). The van der Waals surface area contributed by atoms with E-state index in [0.717, 1.165) is 17.8 Å². The van der Waals surface area contributed by atoms with Gasteiger partial charge in [0, 0.05) is 24.2 Å². The molecule has 1 unspecified atom stereocenters. The fraction of sp³-hybridized carbons (Fsp3) is 0.733. The molecular weight excluding hydrogens is 254 g/mol. The Balaban J connectivity index is 3.16. The standard InChI is InChI=1S/C15H27N3O2/c1-10(2)8-16-12(14(19)20-7)11-9-18(6)17-13(11)15(3,4)5/h9-10,12,16H,8H2,1-7H3. The van der Waals surface area contributed by atoms with Crippen LogP contribution in [0.3, 0.4) is 0 Å². The average molecular weight is 281 g/mol. The molecule has 1 atom stereocenters. The molecule has 20 heavy (non-hydrogen) atoms. The molecular formula is C15H27N3O2. The van der Waals surface area contributed by atoms with Gasteiger partial charge in [-0.15, -0.1) is 0 Å². The second-order valence-corrected chi connectivity index (χ2v) is 6.61. The third-order valence-corrected chi connectivity index (χ3v) is 3.05. The van der Waals surface area contributed by atoms with Crippen LogP contribution in [0.15, 0.2) is 6.20 Å². The summed E-state index contributed by atoms with van der Waals surface area (Å²) in [6.45, 7) is 11.2. The zero-order chi connectivity index (χ0) is 15.5.